The molecule has 0 saturated heterocycles. The number of amides is 1. The van der Waals surface area contributed by atoms with Crippen LogP contribution in [0.5, 0.6) is 5.88 Å². The molecule has 25 heavy (non-hydrogen) atoms. The molecule has 0 aromatic carbocycles. The zero-order chi connectivity index (χ0) is 17.6. The molecular formula is C16H15N7O2. The fraction of sp³-hybridized carbons (Fsp3) is 0.125. The lowest BCUT2D eigenvalue weighted by Gasteiger charge is -2.07. The Balaban J connectivity index is 1.96. The quantitative estimate of drug-likeness (QED) is 0.577. The van der Waals surface area contributed by atoms with Gasteiger partial charge < -0.3 is 15.8 Å². The van der Waals surface area contributed by atoms with E-state index in [9.17, 15) is 4.79 Å². The Hall–Kier alpha value is -3.62. The Morgan fingerprint density at radius 1 is 1.28 bits per heavy atom. The summed E-state index contributed by atoms with van der Waals surface area (Å²) in [6.45, 7) is 0. The summed E-state index contributed by atoms with van der Waals surface area (Å²) in [7, 11) is 3.12. The van der Waals surface area contributed by atoms with Crippen LogP contribution in [0.1, 0.15) is 10.4 Å². The summed E-state index contributed by atoms with van der Waals surface area (Å²) in [5.74, 6) is 0.314. The van der Waals surface area contributed by atoms with Gasteiger partial charge in [-0.25, -0.2) is 9.03 Å². The number of aromatic nitrogens is 5. The van der Waals surface area contributed by atoms with Crippen LogP contribution in [0.25, 0.3) is 22.2 Å². The molecule has 126 valence electrons. The zero-order valence-corrected chi connectivity index (χ0v) is 13.6. The number of carbonyl (C=O) groups is 1. The fourth-order valence-corrected chi connectivity index (χ4v) is 2.84. The third kappa shape index (κ3) is 2.24. The number of hydrogen-bond donors (Lipinski definition) is 2. The van der Waals surface area contributed by atoms with E-state index in [-0.39, 0.29) is 11.9 Å². The van der Waals surface area contributed by atoms with Gasteiger partial charge in [0.25, 0.3) is 5.91 Å². The largest absolute Gasteiger partial charge is 0.479 e. The highest BCUT2D eigenvalue weighted by molar-refractivity contribution is 6.01. The average molecular weight is 337 g/mol. The van der Waals surface area contributed by atoms with Crippen molar-refractivity contribution in [2.75, 3.05) is 19.9 Å². The van der Waals surface area contributed by atoms with Gasteiger partial charge in [0.1, 0.15) is 5.52 Å². The van der Waals surface area contributed by atoms with Crippen LogP contribution in [0.4, 0.5) is 5.95 Å². The van der Waals surface area contributed by atoms with E-state index in [4.69, 9.17) is 10.5 Å². The smallest absolute Gasteiger partial charge is 0.254 e. The molecule has 0 aliphatic carbocycles. The molecule has 4 aromatic heterocycles. The first kappa shape index (κ1) is 14.9. The molecule has 1 amide bonds. The molecule has 9 heteroatoms. The third-order valence-electron chi connectivity index (χ3n) is 3.99. The molecule has 4 aromatic rings. The Labute approximate surface area is 142 Å². The molecule has 0 fully saturated rings. The highest BCUT2D eigenvalue weighted by atomic mass is 16.5. The zero-order valence-electron chi connectivity index (χ0n) is 13.6. The molecule has 4 heterocycles. The van der Waals surface area contributed by atoms with Crippen LogP contribution < -0.4 is 15.8 Å². The van der Waals surface area contributed by atoms with Crippen LogP contribution in [-0.2, 0) is 0 Å². The number of fused-ring (bicyclic) bond motifs is 2. The van der Waals surface area contributed by atoms with Crippen LogP contribution in [0.3, 0.4) is 0 Å². The minimum Gasteiger partial charge on any atom is -0.479 e. The van der Waals surface area contributed by atoms with Crippen molar-refractivity contribution in [3.05, 3.63) is 42.4 Å². The number of hydrogen-bond acceptors (Lipinski definition) is 6. The van der Waals surface area contributed by atoms with Crippen molar-refractivity contribution >= 4 is 22.9 Å². The van der Waals surface area contributed by atoms with Gasteiger partial charge in [-0.2, -0.15) is 10.1 Å². The first-order valence-corrected chi connectivity index (χ1v) is 7.51. The highest BCUT2D eigenvalue weighted by Gasteiger charge is 2.16. The fourth-order valence-electron chi connectivity index (χ4n) is 2.84. The van der Waals surface area contributed by atoms with Crippen LogP contribution in [0, 0.1) is 0 Å². The Kier molecular flexibility index (Phi) is 3.27. The number of anilines is 1. The second-order valence-electron chi connectivity index (χ2n) is 5.38. The van der Waals surface area contributed by atoms with E-state index in [1.807, 2.05) is 18.2 Å². The normalized spacial score (nSPS) is 11.1. The van der Waals surface area contributed by atoms with Gasteiger partial charge in [0.15, 0.2) is 0 Å². The van der Waals surface area contributed by atoms with Crippen LogP contribution >= 0.6 is 0 Å². The maximum absolute atomic E-state index is 12.0. The van der Waals surface area contributed by atoms with E-state index in [0.717, 1.165) is 11.1 Å². The molecule has 0 aliphatic rings. The number of nitrogens with one attached hydrogen (secondary N) is 1. The van der Waals surface area contributed by atoms with Crippen molar-refractivity contribution in [2.24, 2.45) is 0 Å². The van der Waals surface area contributed by atoms with E-state index in [0.29, 0.717) is 22.5 Å². The van der Waals surface area contributed by atoms with E-state index in [2.05, 4.69) is 20.5 Å². The van der Waals surface area contributed by atoms with Crippen LogP contribution in [-0.4, -0.2) is 44.3 Å². The summed E-state index contributed by atoms with van der Waals surface area (Å²) in [5, 5.41) is 11.0. The van der Waals surface area contributed by atoms with Gasteiger partial charge in [-0.1, -0.05) is 0 Å². The SMILES string of the molecule is CNC(=O)c1cnn2ccc(-c3ccn4nc(N)nc(OC)c34)cc12. The van der Waals surface area contributed by atoms with Crippen molar-refractivity contribution in [3.63, 3.8) is 0 Å². The number of rotatable bonds is 3. The monoisotopic (exact) mass is 337 g/mol. The minimum atomic E-state index is -0.192. The lowest BCUT2D eigenvalue weighted by atomic mass is 10.1. The number of carbonyl (C=O) groups excluding carboxylic acids is 1. The van der Waals surface area contributed by atoms with Crippen molar-refractivity contribution in [1.29, 1.82) is 0 Å². The summed E-state index contributed by atoms with van der Waals surface area (Å²) in [6.07, 6.45) is 5.12. The Bertz CT molecular complexity index is 1110. The van der Waals surface area contributed by atoms with Gasteiger partial charge in [-0.15, -0.1) is 5.10 Å². The summed E-state index contributed by atoms with van der Waals surface area (Å²) in [4.78, 5) is 16.1. The second kappa shape index (κ2) is 5.48. The van der Waals surface area contributed by atoms with Gasteiger partial charge in [0.05, 0.1) is 24.4 Å². The predicted octanol–water partition coefficient (Wildman–Crippen LogP) is 0.994. The van der Waals surface area contributed by atoms with Gasteiger partial charge in [-0.3, -0.25) is 4.79 Å². The first-order chi connectivity index (χ1) is 12.1. The van der Waals surface area contributed by atoms with E-state index in [1.54, 1.807) is 34.7 Å². The van der Waals surface area contributed by atoms with E-state index < -0.39 is 0 Å². The molecule has 0 spiro atoms. The number of ether oxygens (including phenoxy) is 1. The molecule has 0 radical (unpaired) electrons. The number of nitrogens with zero attached hydrogens (tertiary/aromatic N) is 5. The average Bonchev–Trinajstić information content (AvgIpc) is 3.23. The molecule has 4 rings (SSSR count). The lowest BCUT2D eigenvalue weighted by Crippen LogP contribution is -2.17. The Morgan fingerprint density at radius 2 is 2.08 bits per heavy atom. The molecular weight excluding hydrogens is 322 g/mol. The molecule has 9 nitrogen and oxygen atoms in total. The van der Waals surface area contributed by atoms with Crippen LogP contribution in [0.15, 0.2) is 36.8 Å². The Morgan fingerprint density at radius 3 is 2.84 bits per heavy atom. The molecule has 0 aliphatic heterocycles. The number of methoxy groups -OCH3 is 1. The van der Waals surface area contributed by atoms with Crippen molar-refractivity contribution < 1.29 is 9.53 Å². The molecule has 0 atom stereocenters. The van der Waals surface area contributed by atoms with Gasteiger partial charge in [-0.05, 0) is 23.8 Å². The van der Waals surface area contributed by atoms with Gasteiger partial charge in [0.2, 0.25) is 11.8 Å². The number of nitrogens with two attached hydrogens (primary N) is 1. The highest BCUT2D eigenvalue weighted by Crippen LogP contribution is 2.32. The van der Waals surface area contributed by atoms with Crippen molar-refractivity contribution in [2.45, 2.75) is 0 Å². The number of nitrogen functional groups attached to an aromatic ring is 1. The topological polar surface area (TPSA) is 112 Å². The standard InChI is InChI=1S/C16H15N7O2/c1-18-14(24)11-8-19-22-5-3-9(7-12(11)22)10-4-6-23-13(10)15(25-2)20-16(17)21-23/h3-8H,1-2H3,(H2,17,21)(H,18,24). The van der Waals surface area contributed by atoms with E-state index in [1.165, 1.54) is 7.11 Å². The lowest BCUT2D eigenvalue weighted by molar-refractivity contribution is 0.0964. The van der Waals surface area contributed by atoms with Gasteiger partial charge >= 0.3 is 0 Å². The second-order valence-corrected chi connectivity index (χ2v) is 5.38. The van der Waals surface area contributed by atoms with E-state index >= 15 is 0 Å². The summed E-state index contributed by atoms with van der Waals surface area (Å²) < 4.78 is 8.62. The summed E-state index contributed by atoms with van der Waals surface area (Å²) in [5.41, 5.74) is 9.34. The maximum Gasteiger partial charge on any atom is 0.254 e. The molecule has 0 unspecified atom stereocenters. The maximum atomic E-state index is 12.0. The van der Waals surface area contributed by atoms with Crippen molar-refractivity contribution in [3.8, 4) is 17.0 Å². The van der Waals surface area contributed by atoms with Gasteiger partial charge in [0, 0.05) is 25.0 Å². The minimum absolute atomic E-state index is 0.125. The molecule has 3 N–H and O–H groups in total. The number of pyridine rings is 1. The third-order valence-corrected chi connectivity index (χ3v) is 3.99. The first-order valence-electron chi connectivity index (χ1n) is 7.51. The molecule has 0 saturated carbocycles. The molecule has 0 bridgehead atoms. The predicted molar refractivity (Wildman–Crippen MR) is 91.5 cm³/mol. The summed E-state index contributed by atoms with van der Waals surface area (Å²) >= 11 is 0. The summed E-state index contributed by atoms with van der Waals surface area (Å²) in [6, 6.07) is 5.69. The van der Waals surface area contributed by atoms with Crippen molar-refractivity contribution in [1.82, 2.24) is 29.5 Å². The van der Waals surface area contributed by atoms with Crippen LogP contribution in [0.2, 0.25) is 0 Å².